The van der Waals surface area contributed by atoms with Gasteiger partial charge in [0.2, 0.25) is 17.7 Å². The molecule has 0 radical (unpaired) electrons. The number of likely N-dealkylation sites (tertiary alicyclic amines) is 1. The Hall–Kier alpha value is -2.61. The standard InChI is InChI=1S/C29H48N4O4/c1-19(2)25(17-22(7)28(35)31(8)18-23-13-12-16-37-23)32(9)29(36)26(20(3)4)30-27(34)24-14-10-11-15-33(24)21(5)6/h12-13,16-17,19-21,24-26H,10-11,14-15,18H2,1-9H3,(H,30,34)/t24-,25-,26+/m1/s1. The van der Waals surface area contributed by atoms with Crippen molar-refractivity contribution in [1.82, 2.24) is 20.0 Å². The van der Waals surface area contributed by atoms with Crippen LogP contribution in [-0.4, -0.2) is 77.2 Å². The number of amides is 3. The molecule has 0 aromatic carbocycles. The first-order valence-corrected chi connectivity index (χ1v) is 13.6. The molecule has 1 saturated heterocycles. The second kappa shape index (κ2) is 13.8. The SMILES string of the molecule is CC(=C[C@H](C(C)C)N(C)C(=O)[C@@H](NC(=O)[C@H]1CCCCN1C(C)C)C(C)C)C(=O)N(C)Cc1ccco1. The Morgan fingerprint density at radius 3 is 2.32 bits per heavy atom. The molecule has 1 aromatic heterocycles. The van der Waals surface area contributed by atoms with Gasteiger partial charge >= 0.3 is 0 Å². The second-order valence-corrected chi connectivity index (χ2v) is 11.3. The molecule has 8 nitrogen and oxygen atoms in total. The van der Waals surface area contributed by atoms with Gasteiger partial charge in [-0.1, -0.05) is 40.2 Å². The van der Waals surface area contributed by atoms with Gasteiger partial charge in [-0.15, -0.1) is 0 Å². The minimum Gasteiger partial charge on any atom is -0.467 e. The van der Waals surface area contributed by atoms with Crippen LogP contribution in [0, 0.1) is 11.8 Å². The summed E-state index contributed by atoms with van der Waals surface area (Å²) in [5.74, 6) is 0.369. The Kier molecular flexibility index (Phi) is 11.4. The Bertz CT molecular complexity index is 922. The van der Waals surface area contributed by atoms with Crippen molar-refractivity contribution in [3.63, 3.8) is 0 Å². The Morgan fingerprint density at radius 2 is 1.78 bits per heavy atom. The minimum atomic E-state index is -0.638. The third-order valence-corrected chi connectivity index (χ3v) is 7.30. The minimum absolute atomic E-state index is 0.0728. The lowest BCUT2D eigenvalue weighted by molar-refractivity contribution is -0.140. The summed E-state index contributed by atoms with van der Waals surface area (Å²) < 4.78 is 5.36. The van der Waals surface area contributed by atoms with Crippen LogP contribution < -0.4 is 5.32 Å². The zero-order valence-corrected chi connectivity index (χ0v) is 24.3. The van der Waals surface area contributed by atoms with Gasteiger partial charge in [-0.3, -0.25) is 19.3 Å². The Labute approximate surface area is 223 Å². The second-order valence-electron chi connectivity index (χ2n) is 11.3. The molecule has 1 N–H and O–H groups in total. The molecular formula is C29H48N4O4. The van der Waals surface area contributed by atoms with E-state index in [1.54, 1.807) is 43.1 Å². The van der Waals surface area contributed by atoms with Crippen molar-refractivity contribution in [2.24, 2.45) is 11.8 Å². The molecular weight excluding hydrogens is 468 g/mol. The smallest absolute Gasteiger partial charge is 0.249 e. The molecule has 1 aromatic rings. The van der Waals surface area contributed by atoms with Crippen LogP contribution in [0.5, 0.6) is 0 Å². The maximum absolute atomic E-state index is 13.7. The van der Waals surface area contributed by atoms with Crippen LogP contribution in [-0.2, 0) is 20.9 Å². The van der Waals surface area contributed by atoms with Crippen molar-refractivity contribution >= 4 is 17.7 Å². The lowest BCUT2D eigenvalue weighted by atomic mass is 9.95. The number of furan rings is 1. The molecule has 1 fully saturated rings. The maximum atomic E-state index is 13.7. The largest absolute Gasteiger partial charge is 0.467 e. The quantitative estimate of drug-likeness (QED) is 0.448. The number of piperidine rings is 1. The van der Waals surface area contributed by atoms with Crippen LogP contribution in [0.25, 0.3) is 0 Å². The van der Waals surface area contributed by atoms with E-state index in [-0.39, 0.29) is 47.7 Å². The average Bonchev–Trinajstić information content (AvgIpc) is 3.36. The van der Waals surface area contributed by atoms with Gasteiger partial charge in [0.05, 0.1) is 24.9 Å². The molecule has 0 aliphatic carbocycles. The fraction of sp³-hybridized carbons (Fsp3) is 0.690. The van der Waals surface area contributed by atoms with Crippen molar-refractivity contribution < 1.29 is 18.8 Å². The van der Waals surface area contributed by atoms with Crippen molar-refractivity contribution in [2.45, 2.75) is 98.4 Å². The fourth-order valence-corrected chi connectivity index (χ4v) is 5.07. The van der Waals surface area contributed by atoms with E-state index in [1.165, 1.54) is 0 Å². The molecule has 1 aliphatic heterocycles. The predicted molar refractivity (Wildman–Crippen MR) is 147 cm³/mol. The first kappa shape index (κ1) is 30.6. The monoisotopic (exact) mass is 516 g/mol. The number of rotatable bonds is 11. The zero-order valence-electron chi connectivity index (χ0n) is 24.3. The third kappa shape index (κ3) is 8.19. The number of likely N-dealkylation sites (N-methyl/N-ethyl adjacent to an activating group) is 2. The Balaban J connectivity index is 2.17. The molecule has 3 atom stereocenters. The van der Waals surface area contributed by atoms with Crippen LogP contribution in [0.2, 0.25) is 0 Å². The molecule has 0 unspecified atom stereocenters. The Morgan fingerprint density at radius 1 is 1.11 bits per heavy atom. The van der Waals surface area contributed by atoms with Crippen LogP contribution in [0.1, 0.15) is 73.5 Å². The van der Waals surface area contributed by atoms with E-state index in [9.17, 15) is 14.4 Å². The van der Waals surface area contributed by atoms with E-state index in [0.29, 0.717) is 17.9 Å². The van der Waals surface area contributed by atoms with E-state index < -0.39 is 6.04 Å². The van der Waals surface area contributed by atoms with E-state index in [2.05, 4.69) is 24.1 Å². The maximum Gasteiger partial charge on any atom is 0.249 e. The predicted octanol–water partition coefficient (Wildman–Crippen LogP) is 4.07. The third-order valence-electron chi connectivity index (χ3n) is 7.30. The van der Waals surface area contributed by atoms with Gasteiger partial charge in [0.25, 0.3) is 0 Å². The van der Waals surface area contributed by atoms with Crippen LogP contribution in [0.3, 0.4) is 0 Å². The zero-order chi connectivity index (χ0) is 27.9. The van der Waals surface area contributed by atoms with E-state index in [1.807, 2.05) is 39.8 Å². The lowest BCUT2D eigenvalue weighted by Crippen LogP contribution is -2.58. The van der Waals surface area contributed by atoms with Crippen molar-refractivity contribution in [2.75, 3.05) is 20.6 Å². The van der Waals surface area contributed by atoms with Crippen LogP contribution >= 0.6 is 0 Å². The summed E-state index contributed by atoms with van der Waals surface area (Å²) in [5, 5.41) is 3.09. The highest BCUT2D eigenvalue weighted by Gasteiger charge is 2.36. The molecule has 0 spiro atoms. The molecule has 1 aliphatic rings. The van der Waals surface area contributed by atoms with Gasteiger partial charge in [-0.05, 0) is 64.1 Å². The van der Waals surface area contributed by atoms with Crippen LogP contribution in [0.4, 0.5) is 0 Å². The summed E-state index contributed by atoms with van der Waals surface area (Å²) in [6, 6.07) is 2.76. The van der Waals surface area contributed by atoms with Gasteiger partial charge in [-0.2, -0.15) is 0 Å². The summed E-state index contributed by atoms with van der Waals surface area (Å²) in [6.07, 6.45) is 6.37. The van der Waals surface area contributed by atoms with Crippen molar-refractivity contribution in [3.05, 3.63) is 35.8 Å². The molecule has 37 heavy (non-hydrogen) atoms. The molecule has 8 heteroatoms. The molecule has 2 heterocycles. The number of hydrogen-bond donors (Lipinski definition) is 1. The van der Waals surface area contributed by atoms with E-state index in [0.717, 1.165) is 25.8 Å². The summed E-state index contributed by atoms with van der Waals surface area (Å²) in [5.41, 5.74) is 0.562. The van der Waals surface area contributed by atoms with Crippen LogP contribution in [0.15, 0.2) is 34.5 Å². The van der Waals surface area contributed by atoms with Gasteiger partial charge in [0.1, 0.15) is 11.8 Å². The number of carbonyl (C=O) groups excluding carboxylic acids is 3. The molecule has 0 saturated carbocycles. The topological polar surface area (TPSA) is 86.1 Å². The highest BCUT2D eigenvalue weighted by Crippen LogP contribution is 2.22. The summed E-state index contributed by atoms with van der Waals surface area (Å²) in [7, 11) is 3.49. The number of hydrogen-bond acceptors (Lipinski definition) is 5. The average molecular weight is 517 g/mol. The highest BCUT2D eigenvalue weighted by molar-refractivity contribution is 5.93. The van der Waals surface area contributed by atoms with Gasteiger partial charge in [-0.25, -0.2) is 0 Å². The highest BCUT2D eigenvalue weighted by atomic mass is 16.3. The fourth-order valence-electron chi connectivity index (χ4n) is 5.07. The molecule has 0 bridgehead atoms. The van der Waals surface area contributed by atoms with E-state index >= 15 is 0 Å². The van der Waals surface area contributed by atoms with Crippen molar-refractivity contribution in [1.29, 1.82) is 0 Å². The van der Waals surface area contributed by atoms with Crippen molar-refractivity contribution in [3.8, 4) is 0 Å². The van der Waals surface area contributed by atoms with E-state index in [4.69, 9.17) is 4.42 Å². The summed E-state index contributed by atoms with van der Waals surface area (Å²) in [6.45, 7) is 15.2. The van der Waals surface area contributed by atoms with Gasteiger partial charge in [0, 0.05) is 25.7 Å². The first-order chi connectivity index (χ1) is 17.3. The number of carbonyl (C=O) groups is 3. The lowest BCUT2D eigenvalue weighted by Gasteiger charge is -2.39. The normalized spacial score (nSPS) is 18.7. The van der Waals surface area contributed by atoms with Gasteiger partial charge in [0.15, 0.2) is 0 Å². The summed E-state index contributed by atoms with van der Waals surface area (Å²) in [4.78, 5) is 45.6. The molecule has 2 rings (SSSR count). The number of nitrogens with one attached hydrogen (secondary N) is 1. The summed E-state index contributed by atoms with van der Waals surface area (Å²) >= 11 is 0. The van der Waals surface area contributed by atoms with Gasteiger partial charge < -0.3 is 19.5 Å². The number of nitrogens with zero attached hydrogens (tertiary/aromatic N) is 3. The molecule has 208 valence electrons. The first-order valence-electron chi connectivity index (χ1n) is 13.6. The molecule has 3 amide bonds.